The number of carbonyl (C=O) groups is 1. The molecule has 0 heterocycles. The molecule has 1 aromatic rings. The Morgan fingerprint density at radius 1 is 1.44 bits per heavy atom. The Hall–Kier alpha value is -1.49. The molecule has 1 aliphatic carbocycles. The van der Waals surface area contributed by atoms with Gasteiger partial charge in [0.05, 0.1) is 0 Å². The van der Waals surface area contributed by atoms with Gasteiger partial charge in [-0.3, -0.25) is 4.79 Å². The monoisotopic (exact) mass is 254 g/mol. The molecule has 1 fully saturated rings. The first-order valence-electron chi connectivity index (χ1n) is 5.97. The summed E-state index contributed by atoms with van der Waals surface area (Å²) in [6.07, 6.45) is 1.69. The lowest BCUT2D eigenvalue weighted by molar-refractivity contribution is 0.0926. The number of rotatable bonds is 3. The fourth-order valence-electron chi connectivity index (χ4n) is 2.14. The van der Waals surface area contributed by atoms with Gasteiger partial charge < -0.3 is 11.1 Å². The van der Waals surface area contributed by atoms with Gasteiger partial charge in [0, 0.05) is 12.6 Å². The van der Waals surface area contributed by atoms with Crippen molar-refractivity contribution in [3.05, 3.63) is 34.9 Å². The summed E-state index contributed by atoms with van der Waals surface area (Å²) >= 11 is 0. The van der Waals surface area contributed by atoms with Crippen LogP contribution in [-0.2, 0) is 0 Å². The van der Waals surface area contributed by atoms with Crippen LogP contribution >= 0.6 is 0 Å². The lowest BCUT2D eigenvalue weighted by Crippen LogP contribution is -2.42. The van der Waals surface area contributed by atoms with Crippen molar-refractivity contribution in [2.24, 2.45) is 11.7 Å². The normalized spacial score (nSPS) is 22.4. The smallest absolute Gasteiger partial charge is 0.257 e. The number of benzene rings is 1. The zero-order chi connectivity index (χ0) is 13.3. The number of halogens is 2. The molecule has 1 amide bonds. The van der Waals surface area contributed by atoms with E-state index in [1.807, 2.05) is 0 Å². The lowest BCUT2D eigenvalue weighted by atomic mass is 9.81. The molecule has 3 N–H and O–H groups in total. The van der Waals surface area contributed by atoms with Gasteiger partial charge in [0.1, 0.15) is 17.2 Å². The third-order valence-corrected chi connectivity index (χ3v) is 3.33. The average molecular weight is 254 g/mol. The second kappa shape index (κ2) is 5.02. The highest BCUT2D eigenvalue weighted by Gasteiger charge is 2.27. The van der Waals surface area contributed by atoms with Gasteiger partial charge in [0.2, 0.25) is 0 Å². The van der Waals surface area contributed by atoms with E-state index in [-0.39, 0.29) is 11.6 Å². The summed E-state index contributed by atoms with van der Waals surface area (Å²) < 4.78 is 27.1. The molecule has 0 atom stereocenters. The van der Waals surface area contributed by atoms with Crippen molar-refractivity contribution >= 4 is 5.91 Å². The molecule has 1 aromatic carbocycles. The number of nitrogens with one attached hydrogen (secondary N) is 1. The van der Waals surface area contributed by atoms with Gasteiger partial charge in [-0.15, -0.1) is 0 Å². The van der Waals surface area contributed by atoms with E-state index in [2.05, 4.69) is 5.32 Å². The first kappa shape index (κ1) is 13.0. The van der Waals surface area contributed by atoms with Crippen LogP contribution in [-0.4, -0.2) is 18.5 Å². The maximum atomic E-state index is 13.7. The molecule has 0 aliphatic heterocycles. The minimum Gasteiger partial charge on any atom is -0.352 e. The van der Waals surface area contributed by atoms with E-state index in [0.29, 0.717) is 12.5 Å². The van der Waals surface area contributed by atoms with Gasteiger partial charge >= 0.3 is 0 Å². The van der Waals surface area contributed by atoms with Crippen LogP contribution in [0.2, 0.25) is 0 Å². The predicted molar refractivity (Wildman–Crippen MR) is 64.1 cm³/mol. The number of amides is 1. The molecular weight excluding hydrogens is 238 g/mol. The van der Waals surface area contributed by atoms with E-state index in [1.54, 1.807) is 0 Å². The Balaban J connectivity index is 2.02. The highest BCUT2D eigenvalue weighted by molar-refractivity contribution is 5.95. The van der Waals surface area contributed by atoms with Crippen LogP contribution in [0.1, 0.15) is 28.8 Å². The van der Waals surface area contributed by atoms with E-state index < -0.39 is 23.1 Å². The molecule has 0 aromatic heterocycles. The minimum atomic E-state index is -0.832. The largest absolute Gasteiger partial charge is 0.352 e. The van der Waals surface area contributed by atoms with Crippen LogP contribution in [0.25, 0.3) is 0 Å². The Morgan fingerprint density at radius 2 is 2.11 bits per heavy atom. The van der Waals surface area contributed by atoms with Crippen LogP contribution in [0.15, 0.2) is 12.1 Å². The summed E-state index contributed by atoms with van der Waals surface area (Å²) in [6, 6.07) is 2.61. The van der Waals surface area contributed by atoms with Crippen LogP contribution in [0.5, 0.6) is 0 Å². The highest BCUT2D eigenvalue weighted by atomic mass is 19.1. The molecule has 3 nitrogen and oxygen atoms in total. The molecule has 0 saturated heterocycles. The third kappa shape index (κ3) is 2.51. The molecule has 0 bridgehead atoms. The fourth-order valence-corrected chi connectivity index (χ4v) is 2.14. The Bertz CT molecular complexity index is 470. The van der Waals surface area contributed by atoms with Gasteiger partial charge in [0.25, 0.3) is 5.91 Å². The van der Waals surface area contributed by atoms with Gasteiger partial charge in [-0.05, 0) is 37.3 Å². The molecule has 2 rings (SSSR count). The Kier molecular flexibility index (Phi) is 3.61. The molecule has 1 saturated carbocycles. The number of hydrogen-bond donors (Lipinski definition) is 2. The minimum absolute atomic E-state index is 0.194. The highest BCUT2D eigenvalue weighted by Crippen LogP contribution is 2.24. The molecular formula is C13H16F2N2O. The van der Waals surface area contributed by atoms with E-state index in [9.17, 15) is 13.6 Å². The first-order valence-corrected chi connectivity index (χ1v) is 5.97. The van der Waals surface area contributed by atoms with E-state index in [4.69, 9.17) is 5.73 Å². The van der Waals surface area contributed by atoms with Gasteiger partial charge in [-0.1, -0.05) is 6.07 Å². The van der Waals surface area contributed by atoms with Crippen LogP contribution in [0.3, 0.4) is 0 Å². The zero-order valence-corrected chi connectivity index (χ0v) is 10.2. The van der Waals surface area contributed by atoms with Crippen molar-refractivity contribution in [1.82, 2.24) is 5.32 Å². The predicted octanol–water partition coefficient (Wildman–Crippen LogP) is 1.74. The van der Waals surface area contributed by atoms with E-state index in [0.717, 1.165) is 18.9 Å². The van der Waals surface area contributed by atoms with Crippen molar-refractivity contribution in [1.29, 1.82) is 0 Å². The average Bonchev–Trinajstić information content (AvgIpc) is 2.28. The Labute approximate surface area is 104 Å². The van der Waals surface area contributed by atoms with Crippen LogP contribution < -0.4 is 11.1 Å². The molecule has 0 radical (unpaired) electrons. The molecule has 5 heteroatoms. The summed E-state index contributed by atoms with van der Waals surface area (Å²) in [5.74, 6) is -2.01. The quantitative estimate of drug-likeness (QED) is 0.863. The Morgan fingerprint density at radius 3 is 2.72 bits per heavy atom. The number of aryl methyl sites for hydroxylation is 1. The second-order valence-electron chi connectivity index (χ2n) is 4.86. The summed E-state index contributed by atoms with van der Waals surface area (Å²) in [5.41, 5.74) is 5.38. The fraction of sp³-hybridized carbons (Fsp3) is 0.462. The standard InChI is InChI=1S/C13H16F2N2O/c1-7-2-3-10(14)11(12(7)15)13(18)17-6-8-4-9(16)5-8/h2-3,8-9H,4-6,16H2,1H3,(H,17,18). The number of nitrogens with two attached hydrogens (primary N) is 1. The van der Waals surface area contributed by atoms with Crippen molar-refractivity contribution in [2.75, 3.05) is 6.54 Å². The lowest BCUT2D eigenvalue weighted by Gasteiger charge is -2.32. The van der Waals surface area contributed by atoms with Crippen molar-refractivity contribution in [3.63, 3.8) is 0 Å². The number of carbonyl (C=O) groups excluding carboxylic acids is 1. The van der Waals surface area contributed by atoms with Gasteiger partial charge in [-0.25, -0.2) is 8.78 Å². The zero-order valence-electron chi connectivity index (χ0n) is 10.2. The maximum absolute atomic E-state index is 13.7. The van der Waals surface area contributed by atoms with Crippen molar-refractivity contribution in [3.8, 4) is 0 Å². The topological polar surface area (TPSA) is 55.1 Å². The van der Waals surface area contributed by atoms with Gasteiger partial charge in [0.15, 0.2) is 0 Å². The summed E-state index contributed by atoms with van der Waals surface area (Å²) in [6.45, 7) is 1.91. The van der Waals surface area contributed by atoms with Gasteiger partial charge in [-0.2, -0.15) is 0 Å². The summed E-state index contributed by atoms with van der Waals surface area (Å²) in [7, 11) is 0. The molecule has 1 aliphatic rings. The summed E-state index contributed by atoms with van der Waals surface area (Å²) in [4.78, 5) is 11.7. The van der Waals surface area contributed by atoms with Crippen molar-refractivity contribution < 1.29 is 13.6 Å². The van der Waals surface area contributed by atoms with E-state index >= 15 is 0 Å². The van der Waals surface area contributed by atoms with Crippen LogP contribution in [0, 0.1) is 24.5 Å². The molecule has 0 spiro atoms. The SMILES string of the molecule is Cc1ccc(F)c(C(=O)NCC2CC(N)C2)c1F. The van der Waals surface area contributed by atoms with Crippen LogP contribution in [0.4, 0.5) is 8.78 Å². The van der Waals surface area contributed by atoms with Crippen molar-refractivity contribution in [2.45, 2.75) is 25.8 Å². The first-order chi connectivity index (χ1) is 8.49. The maximum Gasteiger partial charge on any atom is 0.257 e. The summed E-state index contributed by atoms with van der Waals surface area (Å²) in [5, 5.41) is 2.56. The van der Waals surface area contributed by atoms with E-state index in [1.165, 1.54) is 13.0 Å². The molecule has 98 valence electrons. The second-order valence-corrected chi connectivity index (χ2v) is 4.86. The third-order valence-electron chi connectivity index (χ3n) is 3.33. The molecule has 0 unspecified atom stereocenters. The molecule has 18 heavy (non-hydrogen) atoms. The number of hydrogen-bond acceptors (Lipinski definition) is 2.